The minimum Gasteiger partial charge on any atom is -0.0530 e. The van der Waals surface area contributed by atoms with Crippen molar-refractivity contribution in [3.05, 3.63) is 35.3 Å². The Kier molecular flexibility index (Phi) is 5.10. The van der Waals surface area contributed by atoms with Crippen molar-refractivity contribution in [3.63, 3.8) is 0 Å². The topological polar surface area (TPSA) is 0 Å². The van der Waals surface area contributed by atoms with Crippen LogP contribution in [-0.4, -0.2) is 0 Å². The van der Waals surface area contributed by atoms with E-state index in [1.165, 1.54) is 16.3 Å². The molecule has 0 bridgehead atoms. The van der Waals surface area contributed by atoms with Gasteiger partial charge in [-0.15, -0.1) is 0 Å². The van der Waals surface area contributed by atoms with Gasteiger partial charge in [-0.1, -0.05) is 6.92 Å². The van der Waals surface area contributed by atoms with Crippen LogP contribution in [0.25, 0.3) is 0 Å². The highest BCUT2D eigenvalue weighted by Gasteiger charge is 2.04. The molecule has 0 aliphatic carbocycles. The predicted octanol–water partition coefficient (Wildman–Crippen LogP) is 4.27. The average molecular weight is 497 g/mol. The number of benzene rings is 1. The molecule has 0 heterocycles. The first-order chi connectivity index (χ1) is 5.65. The van der Waals surface area contributed by atoms with E-state index in [1.807, 2.05) is 0 Å². The quantitative estimate of drug-likeness (QED) is 0.537. The van der Waals surface area contributed by atoms with Crippen LogP contribution in [0.5, 0.6) is 0 Å². The molecule has 0 N–H and O–H groups in total. The van der Waals surface area contributed by atoms with Gasteiger partial charge in [0.2, 0.25) is 0 Å². The van der Waals surface area contributed by atoms with Crippen LogP contribution in [0.4, 0.5) is 0 Å². The Bertz CT molecular complexity index is 258. The van der Waals surface area contributed by atoms with Crippen molar-refractivity contribution in [2.45, 2.75) is 12.8 Å². The summed E-state index contributed by atoms with van der Waals surface area (Å²) in [5.74, 6) is 0. The fourth-order valence-electron chi connectivity index (χ4n) is 0.988. The molecule has 1 aromatic rings. The van der Waals surface area contributed by atoms with Crippen molar-refractivity contribution in [3.8, 4) is 0 Å². The van der Waals surface area contributed by atoms with Gasteiger partial charge in [0, 0.05) is 10.7 Å². The summed E-state index contributed by atoms with van der Waals surface area (Å²) in [7, 11) is 0. The van der Waals surface area contributed by atoms with Gasteiger partial charge in [-0.3, -0.25) is 0 Å². The molecule has 0 saturated heterocycles. The second-order valence-corrected chi connectivity index (χ2v) is 6.02. The van der Waals surface area contributed by atoms with Gasteiger partial charge in [-0.05, 0) is 98.3 Å². The predicted molar refractivity (Wildman–Crippen MR) is 78.3 cm³/mol. The van der Waals surface area contributed by atoms with Crippen molar-refractivity contribution in [2.75, 3.05) is 0 Å². The first-order valence-corrected chi connectivity index (χ1v) is 6.81. The molecule has 65 valence electrons. The molecule has 0 unspecified atom stereocenters. The van der Waals surface area contributed by atoms with Gasteiger partial charge >= 0.3 is 0 Å². The first-order valence-electron chi connectivity index (χ1n) is 3.58. The van der Waals surface area contributed by atoms with E-state index in [-0.39, 0.29) is 0 Å². The van der Waals surface area contributed by atoms with Crippen molar-refractivity contribution in [1.29, 1.82) is 0 Å². The van der Waals surface area contributed by atoms with Crippen LogP contribution < -0.4 is 0 Å². The van der Waals surface area contributed by atoms with Crippen LogP contribution in [0.15, 0.2) is 12.1 Å². The molecule has 1 rings (SSSR count). The molecule has 0 saturated carbocycles. The number of hydrogen-bond acceptors (Lipinski definition) is 0. The molecule has 1 aromatic carbocycles. The molecule has 0 amide bonds. The summed E-state index contributed by atoms with van der Waals surface area (Å²) in [5.41, 5.74) is 1.45. The Balaban J connectivity index is 3.10. The smallest absolute Gasteiger partial charge is 0.0183 e. The van der Waals surface area contributed by atoms with E-state index >= 15 is 0 Å². The van der Waals surface area contributed by atoms with Crippen LogP contribution in [0.2, 0.25) is 0 Å². The third-order valence-corrected chi connectivity index (χ3v) is 4.08. The molecule has 0 nitrogen and oxygen atoms in total. The zero-order chi connectivity index (χ0) is 9.14. The summed E-state index contributed by atoms with van der Waals surface area (Å²) in [6.45, 7) is 3.88. The van der Waals surface area contributed by atoms with Gasteiger partial charge in [0.15, 0.2) is 0 Å². The Morgan fingerprint density at radius 2 is 1.58 bits per heavy atom. The second-order valence-electron chi connectivity index (χ2n) is 2.45. The van der Waals surface area contributed by atoms with E-state index in [0.29, 0.717) is 0 Å². The maximum absolute atomic E-state index is 3.88. The monoisotopic (exact) mass is 497 g/mol. The number of halogens is 3. The summed E-state index contributed by atoms with van der Waals surface area (Å²) in [6, 6.07) is 4.43. The largest absolute Gasteiger partial charge is 0.0530 e. The standard InChI is InChI=1S/C9H8I3/c1-2-3-7-8(11)4-6(10)5-9(7)12/h4-5H,1-3H2. The Labute approximate surface area is 114 Å². The molecule has 0 fully saturated rings. The summed E-state index contributed by atoms with van der Waals surface area (Å²) >= 11 is 7.15. The van der Waals surface area contributed by atoms with E-state index in [2.05, 4.69) is 86.8 Å². The molecule has 1 radical (unpaired) electrons. The minimum absolute atomic E-state index is 0.979. The number of hydrogen-bond donors (Lipinski definition) is 0. The zero-order valence-corrected chi connectivity index (χ0v) is 12.9. The van der Waals surface area contributed by atoms with Gasteiger partial charge in [0.25, 0.3) is 0 Å². The van der Waals surface area contributed by atoms with Gasteiger partial charge in [0.1, 0.15) is 0 Å². The summed E-state index contributed by atoms with van der Waals surface area (Å²) in [4.78, 5) is 0. The SMILES string of the molecule is [CH2]CCc1c(I)cc(I)cc1I. The van der Waals surface area contributed by atoms with Gasteiger partial charge in [-0.2, -0.15) is 0 Å². The highest BCUT2D eigenvalue weighted by Crippen LogP contribution is 2.23. The lowest BCUT2D eigenvalue weighted by molar-refractivity contribution is 0.982. The van der Waals surface area contributed by atoms with Crippen molar-refractivity contribution in [1.82, 2.24) is 0 Å². The van der Waals surface area contributed by atoms with E-state index in [4.69, 9.17) is 0 Å². The van der Waals surface area contributed by atoms with E-state index in [0.717, 1.165) is 12.8 Å². The third kappa shape index (κ3) is 2.97. The van der Waals surface area contributed by atoms with Crippen LogP contribution in [0, 0.1) is 17.6 Å². The summed E-state index contributed by atoms with van der Waals surface area (Å²) in [6.07, 6.45) is 2.07. The molecular weight excluding hydrogens is 489 g/mol. The minimum atomic E-state index is 0.979. The molecule has 12 heavy (non-hydrogen) atoms. The fourth-order valence-corrected chi connectivity index (χ4v) is 5.11. The molecule has 0 aliphatic heterocycles. The van der Waals surface area contributed by atoms with Gasteiger partial charge in [0.05, 0.1) is 0 Å². The van der Waals surface area contributed by atoms with Crippen molar-refractivity contribution < 1.29 is 0 Å². The average Bonchev–Trinajstić information content (AvgIpc) is 1.96. The highest BCUT2D eigenvalue weighted by molar-refractivity contribution is 14.1. The molecule has 0 aromatic heterocycles. The number of rotatable bonds is 2. The van der Waals surface area contributed by atoms with E-state index < -0.39 is 0 Å². The first kappa shape index (κ1) is 11.5. The van der Waals surface area contributed by atoms with Crippen molar-refractivity contribution in [2.24, 2.45) is 0 Å². The van der Waals surface area contributed by atoms with Crippen molar-refractivity contribution >= 4 is 67.8 Å². The molecule has 0 atom stereocenters. The summed E-state index contributed by atoms with van der Waals surface area (Å²) in [5, 5.41) is 0. The van der Waals surface area contributed by atoms with E-state index in [1.54, 1.807) is 0 Å². The molecule has 0 spiro atoms. The fraction of sp³-hybridized carbons (Fsp3) is 0.222. The maximum Gasteiger partial charge on any atom is 0.0183 e. The molecule has 0 aliphatic rings. The van der Waals surface area contributed by atoms with Crippen LogP contribution in [0.3, 0.4) is 0 Å². The Morgan fingerprint density at radius 3 is 2.00 bits per heavy atom. The molecular formula is C9H8I3. The van der Waals surface area contributed by atoms with E-state index in [9.17, 15) is 0 Å². The normalized spacial score (nSPS) is 10.3. The van der Waals surface area contributed by atoms with Gasteiger partial charge in [-0.25, -0.2) is 0 Å². The van der Waals surface area contributed by atoms with Crippen LogP contribution >= 0.6 is 67.8 Å². The van der Waals surface area contributed by atoms with Crippen LogP contribution in [0.1, 0.15) is 12.0 Å². The Morgan fingerprint density at radius 1 is 1.08 bits per heavy atom. The summed E-state index contributed by atoms with van der Waals surface area (Å²) < 4.78 is 4.05. The van der Waals surface area contributed by atoms with Gasteiger partial charge < -0.3 is 0 Å². The van der Waals surface area contributed by atoms with Crippen LogP contribution in [-0.2, 0) is 6.42 Å². The lowest BCUT2D eigenvalue weighted by Gasteiger charge is -2.06. The second kappa shape index (κ2) is 5.33. The lowest BCUT2D eigenvalue weighted by Crippen LogP contribution is -1.93. The molecule has 3 heteroatoms. The lowest BCUT2D eigenvalue weighted by atomic mass is 10.1. The Hall–Kier alpha value is 1.41. The third-order valence-electron chi connectivity index (χ3n) is 1.53. The highest BCUT2D eigenvalue weighted by atomic mass is 127. The zero-order valence-electron chi connectivity index (χ0n) is 6.41. The maximum atomic E-state index is 3.88.